The summed E-state index contributed by atoms with van der Waals surface area (Å²) in [5.41, 5.74) is 1.01. The van der Waals surface area contributed by atoms with Crippen LogP contribution in [0.25, 0.3) is 0 Å². The summed E-state index contributed by atoms with van der Waals surface area (Å²) in [6.45, 7) is 2.51. The molecule has 0 bridgehead atoms. The molecule has 2 fully saturated rings. The second kappa shape index (κ2) is 10.9. The SMILES string of the molecule is CCCCCCC(O)CCC1CC2C(=NOCCCC(=O)O)CC2C1O. The molecule has 0 aromatic carbocycles. The zero-order valence-corrected chi connectivity index (χ0v) is 16.0. The van der Waals surface area contributed by atoms with Crippen LogP contribution in [-0.2, 0) is 9.63 Å². The largest absolute Gasteiger partial charge is 0.481 e. The average Bonchev–Trinajstić information content (AvgIpc) is 2.83. The molecule has 0 saturated heterocycles. The Balaban J connectivity index is 1.64. The maximum atomic E-state index is 10.5. The van der Waals surface area contributed by atoms with Gasteiger partial charge >= 0.3 is 5.97 Å². The third-order valence-electron chi connectivity index (χ3n) is 5.94. The molecule has 2 rings (SSSR count). The number of rotatable bonds is 13. The van der Waals surface area contributed by atoms with E-state index in [4.69, 9.17) is 9.94 Å². The van der Waals surface area contributed by atoms with E-state index in [0.717, 1.165) is 44.2 Å². The van der Waals surface area contributed by atoms with Crippen LogP contribution in [-0.4, -0.2) is 45.8 Å². The lowest BCUT2D eigenvalue weighted by molar-refractivity contribution is -0.137. The first kappa shape index (κ1) is 21.2. The molecular weight excluding hydrogens is 334 g/mol. The fourth-order valence-electron chi connectivity index (χ4n) is 4.27. The van der Waals surface area contributed by atoms with Crippen molar-refractivity contribution in [2.75, 3.05) is 6.61 Å². The molecule has 2 saturated carbocycles. The molecule has 0 aromatic heterocycles. The van der Waals surface area contributed by atoms with Gasteiger partial charge in [-0.2, -0.15) is 0 Å². The number of hydrogen-bond acceptors (Lipinski definition) is 5. The van der Waals surface area contributed by atoms with E-state index < -0.39 is 5.97 Å². The molecular formula is C20H35NO5. The topological polar surface area (TPSA) is 99.4 Å². The Labute approximate surface area is 156 Å². The summed E-state index contributed by atoms with van der Waals surface area (Å²) < 4.78 is 0. The molecule has 0 radical (unpaired) electrons. The Kier molecular flexibility index (Phi) is 8.85. The number of aliphatic hydroxyl groups excluding tert-OH is 2. The van der Waals surface area contributed by atoms with Gasteiger partial charge in [-0.3, -0.25) is 4.79 Å². The highest BCUT2D eigenvalue weighted by Gasteiger charge is 2.51. The molecule has 5 atom stereocenters. The fraction of sp³-hybridized carbons (Fsp3) is 0.900. The summed E-state index contributed by atoms with van der Waals surface area (Å²) in [7, 11) is 0. The lowest BCUT2D eigenvalue weighted by atomic mass is 9.73. The first-order chi connectivity index (χ1) is 12.5. The third-order valence-corrected chi connectivity index (χ3v) is 5.94. The standard InChI is InChI=1S/C20H35NO5/c1-2-3-4-5-7-15(22)10-9-14-12-16-17(20(14)25)13-18(16)21-26-11-6-8-19(23)24/h14-17,20,22,25H,2-13H2,1H3,(H,23,24). The van der Waals surface area contributed by atoms with E-state index in [2.05, 4.69) is 12.1 Å². The number of carbonyl (C=O) groups is 1. The van der Waals surface area contributed by atoms with E-state index in [-0.39, 0.29) is 30.5 Å². The number of unbranched alkanes of at least 4 members (excludes halogenated alkanes) is 3. The Morgan fingerprint density at radius 3 is 2.81 bits per heavy atom. The van der Waals surface area contributed by atoms with Crippen LogP contribution in [0.1, 0.15) is 77.6 Å². The van der Waals surface area contributed by atoms with Crippen molar-refractivity contribution in [1.82, 2.24) is 0 Å². The number of carboxylic acid groups (broad SMARTS) is 1. The Hall–Kier alpha value is -1.14. The smallest absolute Gasteiger partial charge is 0.303 e. The molecule has 2 aliphatic rings. The Morgan fingerprint density at radius 2 is 2.08 bits per heavy atom. The Morgan fingerprint density at radius 1 is 1.27 bits per heavy atom. The normalized spacial score (nSPS) is 30.0. The van der Waals surface area contributed by atoms with Crippen LogP contribution in [0.4, 0.5) is 0 Å². The maximum Gasteiger partial charge on any atom is 0.303 e. The molecule has 2 aliphatic carbocycles. The second-order valence-corrected chi connectivity index (χ2v) is 7.95. The zero-order chi connectivity index (χ0) is 18.9. The van der Waals surface area contributed by atoms with Gasteiger partial charge in [0.25, 0.3) is 0 Å². The van der Waals surface area contributed by atoms with Crippen LogP contribution in [0.2, 0.25) is 0 Å². The third kappa shape index (κ3) is 6.23. The van der Waals surface area contributed by atoms with Crippen LogP contribution in [0.3, 0.4) is 0 Å². The van der Waals surface area contributed by atoms with Gasteiger partial charge < -0.3 is 20.2 Å². The van der Waals surface area contributed by atoms with E-state index >= 15 is 0 Å². The van der Waals surface area contributed by atoms with Gasteiger partial charge in [0.15, 0.2) is 0 Å². The lowest BCUT2D eigenvalue weighted by Gasteiger charge is -2.33. The Bertz CT molecular complexity index is 467. The van der Waals surface area contributed by atoms with Gasteiger partial charge in [0.1, 0.15) is 6.61 Å². The molecule has 0 heterocycles. The number of carboxylic acids is 1. The molecule has 26 heavy (non-hydrogen) atoms. The number of aliphatic carboxylic acids is 1. The van der Waals surface area contributed by atoms with E-state index in [9.17, 15) is 15.0 Å². The van der Waals surface area contributed by atoms with Crippen molar-refractivity contribution >= 4 is 11.7 Å². The van der Waals surface area contributed by atoms with Crippen LogP contribution in [0, 0.1) is 17.8 Å². The number of fused-ring (bicyclic) bond motifs is 1. The molecule has 150 valence electrons. The quantitative estimate of drug-likeness (QED) is 0.341. The van der Waals surface area contributed by atoms with E-state index in [1.54, 1.807) is 0 Å². The number of oxime groups is 1. The fourth-order valence-corrected chi connectivity index (χ4v) is 4.27. The minimum atomic E-state index is -0.820. The van der Waals surface area contributed by atoms with E-state index in [0.29, 0.717) is 18.9 Å². The van der Waals surface area contributed by atoms with Gasteiger partial charge in [-0.1, -0.05) is 37.8 Å². The van der Waals surface area contributed by atoms with Crippen molar-refractivity contribution in [3.05, 3.63) is 0 Å². The molecule has 0 amide bonds. The lowest BCUT2D eigenvalue weighted by Crippen LogP contribution is -2.38. The van der Waals surface area contributed by atoms with E-state index in [1.165, 1.54) is 19.3 Å². The summed E-state index contributed by atoms with van der Waals surface area (Å²) in [6.07, 6.45) is 8.94. The van der Waals surface area contributed by atoms with Crippen molar-refractivity contribution in [3.63, 3.8) is 0 Å². The summed E-state index contributed by atoms with van der Waals surface area (Å²) in [4.78, 5) is 15.7. The van der Waals surface area contributed by atoms with Crippen LogP contribution >= 0.6 is 0 Å². The molecule has 3 N–H and O–H groups in total. The van der Waals surface area contributed by atoms with Crippen LogP contribution < -0.4 is 0 Å². The van der Waals surface area contributed by atoms with E-state index in [1.807, 2.05) is 0 Å². The average molecular weight is 370 g/mol. The predicted octanol–water partition coefficient (Wildman–Crippen LogP) is 3.35. The van der Waals surface area contributed by atoms with Crippen molar-refractivity contribution in [3.8, 4) is 0 Å². The molecule has 6 heteroatoms. The van der Waals surface area contributed by atoms with Gasteiger partial charge in [-0.25, -0.2) is 0 Å². The number of nitrogens with zero attached hydrogens (tertiary/aromatic N) is 1. The first-order valence-corrected chi connectivity index (χ1v) is 10.3. The highest BCUT2D eigenvalue weighted by Crippen LogP contribution is 2.49. The van der Waals surface area contributed by atoms with Gasteiger partial charge in [-0.05, 0) is 50.4 Å². The summed E-state index contributed by atoms with van der Waals surface area (Å²) in [5.74, 6) is 0.00788. The minimum Gasteiger partial charge on any atom is -0.481 e. The van der Waals surface area contributed by atoms with Crippen molar-refractivity contribution in [2.24, 2.45) is 22.9 Å². The van der Waals surface area contributed by atoms with Gasteiger partial charge in [-0.15, -0.1) is 0 Å². The summed E-state index contributed by atoms with van der Waals surface area (Å²) in [5, 5.41) is 33.4. The van der Waals surface area contributed by atoms with Gasteiger partial charge in [0.2, 0.25) is 0 Å². The maximum absolute atomic E-state index is 10.5. The van der Waals surface area contributed by atoms with Crippen molar-refractivity contribution in [1.29, 1.82) is 0 Å². The van der Waals surface area contributed by atoms with Crippen molar-refractivity contribution < 1.29 is 25.0 Å². The highest BCUT2D eigenvalue weighted by molar-refractivity contribution is 5.93. The number of hydrogen-bond donors (Lipinski definition) is 3. The minimum absolute atomic E-state index is 0.0957. The van der Waals surface area contributed by atoms with Gasteiger partial charge in [0, 0.05) is 12.3 Å². The highest BCUT2D eigenvalue weighted by atomic mass is 16.6. The number of aliphatic hydroxyl groups is 2. The zero-order valence-electron chi connectivity index (χ0n) is 16.0. The first-order valence-electron chi connectivity index (χ1n) is 10.3. The molecule has 6 nitrogen and oxygen atoms in total. The molecule has 0 aliphatic heterocycles. The molecule has 5 unspecified atom stereocenters. The molecule has 0 aromatic rings. The summed E-state index contributed by atoms with van der Waals surface area (Å²) >= 11 is 0. The van der Waals surface area contributed by atoms with Crippen LogP contribution in [0.15, 0.2) is 5.16 Å². The monoisotopic (exact) mass is 369 g/mol. The second-order valence-electron chi connectivity index (χ2n) is 7.95. The van der Waals surface area contributed by atoms with Crippen LogP contribution in [0.5, 0.6) is 0 Å². The predicted molar refractivity (Wildman–Crippen MR) is 100.0 cm³/mol. The van der Waals surface area contributed by atoms with Gasteiger partial charge in [0.05, 0.1) is 17.9 Å². The molecule has 0 spiro atoms. The van der Waals surface area contributed by atoms with Crippen molar-refractivity contribution in [2.45, 2.75) is 89.8 Å². The summed E-state index contributed by atoms with van der Waals surface area (Å²) in [6, 6.07) is 0.